The normalized spacial score (nSPS) is 12.1. The van der Waals surface area contributed by atoms with Gasteiger partial charge >= 0.3 is 12.4 Å². The molecule has 0 aliphatic rings. The lowest BCUT2D eigenvalue weighted by atomic mass is 10.00. The van der Waals surface area contributed by atoms with E-state index in [1.54, 1.807) is 0 Å². The van der Waals surface area contributed by atoms with E-state index in [4.69, 9.17) is 12.3 Å². The van der Waals surface area contributed by atoms with Crippen molar-refractivity contribution in [1.29, 1.82) is 0 Å². The highest BCUT2D eigenvalue weighted by Gasteiger charge is 2.41. The standard InChI is InChI=1S/C11H6F6N2S/c1-19-9-6(10(12,13)14)2-5(4-8(18)20)3-7(9)11(15,16)17/h2-3H,4H2,(H2,18,20). The van der Waals surface area contributed by atoms with Gasteiger partial charge in [0.15, 0.2) is 0 Å². The molecule has 1 rings (SSSR count). The van der Waals surface area contributed by atoms with E-state index < -0.39 is 35.6 Å². The highest BCUT2D eigenvalue weighted by Crippen LogP contribution is 2.45. The summed E-state index contributed by atoms with van der Waals surface area (Å²) in [6.07, 6.45) is -10.6. The molecule has 9 heteroatoms. The molecule has 0 aliphatic heterocycles. The molecule has 0 saturated carbocycles. The van der Waals surface area contributed by atoms with Gasteiger partial charge in [-0.1, -0.05) is 24.4 Å². The molecule has 108 valence electrons. The largest absolute Gasteiger partial charge is 0.407 e. The van der Waals surface area contributed by atoms with Gasteiger partial charge < -0.3 is 5.73 Å². The first-order valence-electron chi connectivity index (χ1n) is 4.94. The smallest absolute Gasteiger partial charge is 0.393 e. The fraction of sp³-hybridized carbons (Fsp3) is 0.273. The third-order valence-corrected chi connectivity index (χ3v) is 2.42. The van der Waals surface area contributed by atoms with E-state index in [1.165, 1.54) is 0 Å². The fourth-order valence-electron chi connectivity index (χ4n) is 1.55. The van der Waals surface area contributed by atoms with Crippen LogP contribution in [0.4, 0.5) is 32.0 Å². The Hall–Kier alpha value is -1.82. The van der Waals surface area contributed by atoms with Crippen LogP contribution in [-0.2, 0) is 18.8 Å². The van der Waals surface area contributed by atoms with Crippen LogP contribution < -0.4 is 5.73 Å². The molecule has 0 amide bonds. The van der Waals surface area contributed by atoms with Crippen molar-refractivity contribution in [3.63, 3.8) is 0 Å². The molecule has 0 unspecified atom stereocenters. The number of halogens is 6. The van der Waals surface area contributed by atoms with Crippen molar-refractivity contribution in [3.8, 4) is 0 Å². The lowest BCUT2D eigenvalue weighted by molar-refractivity contribution is -0.141. The summed E-state index contributed by atoms with van der Waals surface area (Å²) in [4.78, 5) is 2.12. The third-order valence-electron chi connectivity index (χ3n) is 2.27. The summed E-state index contributed by atoms with van der Waals surface area (Å²) < 4.78 is 76.5. The van der Waals surface area contributed by atoms with Gasteiger partial charge in [-0.05, 0) is 5.56 Å². The summed E-state index contributed by atoms with van der Waals surface area (Å²) in [7, 11) is 0. The van der Waals surface area contributed by atoms with E-state index in [9.17, 15) is 26.3 Å². The fourth-order valence-corrected chi connectivity index (χ4v) is 1.72. The Bertz CT molecular complexity index is 547. The van der Waals surface area contributed by atoms with Gasteiger partial charge in [-0.2, -0.15) is 26.3 Å². The summed E-state index contributed by atoms with van der Waals surface area (Å²) >= 11 is 4.47. The zero-order chi connectivity index (χ0) is 15.7. The molecule has 20 heavy (non-hydrogen) atoms. The van der Waals surface area contributed by atoms with Crippen LogP contribution in [0, 0.1) is 6.57 Å². The Morgan fingerprint density at radius 3 is 1.75 bits per heavy atom. The third kappa shape index (κ3) is 3.60. The van der Waals surface area contributed by atoms with Gasteiger partial charge in [-0.15, -0.1) is 0 Å². The van der Waals surface area contributed by atoms with Crippen LogP contribution in [-0.4, -0.2) is 4.99 Å². The molecular formula is C11H6F6N2S. The Morgan fingerprint density at radius 1 is 1.10 bits per heavy atom. The minimum absolute atomic E-state index is 0.248. The topological polar surface area (TPSA) is 30.4 Å². The number of nitrogens with zero attached hydrogens (tertiary/aromatic N) is 1. The highest BCUT2D eigenvalue weighted by atomic mass is 32.1. The molecule has 0 bridgehead atoms. The average Bonchev–Trinajstić information content (AvgIpc) is 2.24. The summed E-state index contributed by atoms with van der Waals surface area (Å²) in [5.41, 5.74) is 0.0138. The lowest BCUT2D eigenvalue weighted by Crippen LogP contribution is -2.16. The number of nitrogens with two attached hydrogens (primary N) is 1. The second-order valence-electron chi connectivity index (χ2n) is 3.79. The molecule has 1 aromatic carbocycles. The van der Waals surface area contributed by atoms with Crippen LogP contribution in [0.15, 0.2) is 12.1 Å². The van der Waals surface area contributed by atoms with Crippen LogP contribution in [0.5, 0.6) is 0 Å². The van der Waals surface area contributed by atoms with Gasteiger partial charge in [0, 0.05) is 6.42 Å². The van der Waals surface area contributed by atoms with Gasteiger partial charge in [0.05, 0.1) is 22.7 Å². The quantitative estimate of drug-likeness (QED) is 0.506. The average molecular weight is 312 g/mol. The van der Waals surface area contributed by atoms with Crippen LogP contribution in [0.3, 0.4) is 0 Å². The highest BCUT2D eigenvalue weighted by molar-refractivity contribution is 7.80. The first kappa shape index (κ1) is 16.2. The van der Waals surface area contributed by atoms with Crippen molar-refractivity contribution in [2.75, 3.05) is 0 Å². The number of benzene rings is 1. The van der Waals surface area contributed by atoms with Crippen molar-refractivity contribution in [2.45, 2.75) is 18.8 Å². The van der Waals surface area contributed by atoms with Crippen LogP contribution in [0.25, 0.3) is 4.85 Å². The van der Waals surface area contributed by atoms with E-state index >= 15 is 0 Å². The zero-order valence-electron chi connectivity index (χ0n) is 9.56. The number of thiocarbonyl (C=S) groups is 1. The van der Waals surface area contributed by atoms with Gasteiger partial charge in [0.2, 0.25) is 5.69 Å². The summed E-state index contributed by atoms with van der Waals surface area (Å²) in [5, 5.41) is 0. The predicted molar refractivity (Wildman–Crippen MR) is 63.2 cm³/mol. The number of hydrogen-bond donors (Lipinski definition) is 1. The van der Waals surface area contributed by atoms with Crippen LogP contribution in [0.1, 0.15) is 16.7 Å². The van der Waals surface area contributed by atoms with Crippen molar-refractivity contribution >= 4 is 22.9 Å². The van der Waals surface area contributed by atoms with E-state index in [0.29, 0.717) is 12.1 Å². The molecule has 0 fully saturated rings. The molecule has 0 saturated heterocycles. The molecular weight excluding hydrogens is 306 g/mol. The van der Waals surface area contributed by atoms with E-state index in [0.717, 1.165) is 0 Å². The SMILES string of the molecule is [C-]#[N+]c1c(C(F)(F)F)cc(CC(N)=S)cc1C(F)(F)F. The summed E-state index contributed by atoms with van der Waals surface area (Å²) in [6, 6.07) is 0.920. The van der Waals surface area contributed by atoms with Crippen molar-refractivity contribution in [1.82, 2.24) is 0 Å². The Morgan fingerprint density at radius 2 is 1.50 bits per heavy atom. The minimum atomic E-state index is -5.08. The Balaban J connectivity index is 3.66. The Kier molecular flexibility index (Phi) is 4.29. The van der Waals surface area contributed by atoms with Gasteiger partial charge in [0.1, 0.15) is 0 Å². The molecule has 0 radical (unpaired) electrons. The number of alkyl halides is 6. The van der Waals surface area contributed by atoms with Gasteiger partial charge in [0.25, 0.3) is 0 Å². The number of rotatable bonds is 2. The van der Waals surface area contributed by atoms with E-state index in [-0.39, 0.29) is 10.6 Å². The predicted octanol–water partition coefficient (Wildman–Crippen LogP) is 4.10. The van der Waals surface area contributed by atoms with Crippen molar-refractivity contribution < 1.29 is 26.3 Å². The van der Waals surface area contributed by atoms with Gasteiger partial charge in [-0.25, -0.2) is 4.85 Å². The molecule has 0 atom stereocenters. The maximum Gasteiger partial charge on any atom is 0.407 e. The Labute approximate surface area is 115 Å². The summed E-state index contributed by atoms with van der Waals surface area (Å²) in [6.45, 7) is 6.57. The lowest BCUT2D eigenvalue weighted by Gasteiger charge is -2.16. The van der Waals surface area contributed by atoms with Crippen LogP contribution >= 0.6 is 12.2 Å². The monoisotopic (exact) mass is 312 g/mol. The molecule has 0 spiro atoms. The van der Waals surface area contributed by atoms with E-state index in [1.807, 2.05) is 0 Å². The second-order valence-corrected chi connectivity index (χ2v) is 4.31. The first-order chi connectivity index (χ1) is 8.96. The second kappa shape index (κ2) is 5.28. The molecule has 2 nitrogen and oxygen atoms in total. The van der Waals surface area contributed by atoms with Crippen molar-refractivity contribution in [2.24, 2.45) is 5.73 Å². The minimum Gasteiger partial charge on any atom is -0.393 e. The molecule has 0 aromatic heterocycles. The van der Waals surface area contributed by atoms with Crippen LogP contribution in [0.2, 0.25) is 0 Å². The maximum absolute atomic E-state index is 12.7. The van der Waals surface area contributed by atoms with Gasteiger partial charge in [-0.3, -0.25) is 0 Å². The first-order valence-corrected chi connectivity index (χ1v) is 5.34. The molecule has 0 aliphatic carbocycles. The zero-order valence-corrected chi connectivity index (χ0v) is 10.4. The molecule has 1 aromatic rings. The van der Waals surface area contributed by atoms with Crippen molar-refractivity contribution in [3.05, 3.63) is 40.2 Å². The maximum atomic E-state index is 12.7. The molecule has 2 N–H and O–H groups in total. The number of hydrogen-bond acceptors (Lipinski definition) is 1. The van der Waals surface area contributed by atoms with E-state index in [2.05, 4.69) is 17.1 Å². The molecule has 0 heterocycles. The summed E-state index contributed by atoms with van der Waals surface area (Å²) in [5.74, 6) is 0.